The van der Waals surface area contributed by atoms with Gasteiger partial charge in [-0.3, -0.25) is 14.5 Å². The number of hydrogen-bond acceptors (Lipinski definition) is 3. The monoisotopic (exact) mass is 471 g/mol. The van der Waals surface area contributed by atoms with E-state index in [-0.39, 0.29) is 24.9 Å². The predicted molar refractivity (Wildman–Crippen MR) is 113 cm³/mol. The van der Waals surface area contributed by atoms with Crippen LogP contribution in [0.4, 0.5) is 5.69 Å². The second-order valence-electron chi connectivity index (χ2n) is 6.04. The summed E-state index contributed by atoms with van der Waals surface area (Å²) in [6, 6.07) is 12.6. The van der Waals surface area contributed by atoms with Crippen LogP contribution in [0.15, 0.2) is 46.9 Å². The molecule has 0 bridgehead atoms. The van der Waals surface area contributed by atoms with E-state index >= 15 is 0 Å². The van der Waals surface area contributed by atoms with E-state index < -0.39 is 0 Å². The number of halogens is 3. The van der Waals surface area contributed by atoms with Crippen molar-refractivity contribution in [2.24, 2.45) is 0 Å². The van der Waals surface area contributed by atoms with Crippen LogP contribution in [0.1, 0.15) is 5.56 Å². The Morgan fingerprint density at radius 3 is 2.48 bits per heavy atom. The molecule has 0 radical (unpaired) electrons. The van der Waals surface area contributed by atoms with E-state index in [1.165, 1.54) is 0 Å². The van der Waals surface area contributed by atoms with Crippen molar-refractivity contribution in [3.63, 3.8) is 0 Å². The molecule has 2 N–H and O–H groups in total. The van der Waals surface area contributed by atoms with E-state index in [4.69, 9.17) is 23.2 Å². The minimum absolute atomic E-state index is 0.109. The van der Waals surface area contributed by atoms with E-state index in [0.717, 1.165) is 10.0 Å². The first-order valence-electron chi connectivity index (χ1n) is 8.28. The van der Waals surface area contributed by atoms with Gasteiger partial charge in [0.15, 0.2) is 0 Å². The lowest BCUT2D eigenvalue weighted by Crippen LogP contribution is -2.39. The number of carbonyl (C=O) groups excluding carboxylic acids is 2. The minimum Gasteiger partial charge on any atom is -0.355 e. The smallest absolute Gasteiger partial charge is 0.238 e. The summed E-state index contributed by atoms with van der Waals surface area (Å²) >= 11 is 15.4. The molecule has 0 aliphatic carbocycles. The quantitative estimate of drug-likeness (QED) is 0.610. The van der Waals surface area contributed by atoms with Gasteiger partial charge in [-0.1, -0.05) is 41.4 Å². The van der Waals surface area contributed by atoms with Gasteiger partial charge < -0.3 is 10.6 Å². The summed E-state index contributed by atoms with van der Waals surface area (Å²) in [5, 5.41) is 6.79. The summed E-state index contributed by atoms with van der Waals surface area (Å²) in [5.41, 5.74) is 1.61. The zero-order chi connectivity index (χ0) is 19.8. The lowest BCUT2D eigenvalue weighted by Gasteiger charge is -2.16. The molecule has 2 aromatic carbocycles. The third-order valence-corrected chi connectivity index (χ3v) is 4.99. The second-order valence-corrected chi connectivity index (χ2v) is 7.73. The Kier molecular flexibility index (Phi) is 8.57. The molecule has 0 saturated carbocycles. The number of rotatable bonds is 8. The van der Waals surface area contributed by atoms with Crippen LogP contribution in [0, 0.1) is 0 Å². The van der Waals surface area contributed by atoms with Gasteiger partial charge >= 0.3 is 0 Å². The molecule has 0 spiro atoms. The molecule has 0 aliphatic rings. The fourth-order valence-corrected chi connectivity index (χ4v) is 3.30. The highest BCUT2D eigenvalue weighted by atomic mass is 79.9. The number of para-hydroxylation sites is 1. The number of nitrogens with zero attached hydrogens (tertiary/aromatic N) is 1. The maximum absolute atomic E-state index is 12.1. The summed E-state index contributed by atoms with van der Waals surface area (Å²) < 4.78 is 0.805. The molecule has 27 heavy (non-hydrogen) atoms. The van der Waals surface area contributed by atoms with Crippen LogP contribution in [-0.4, -0.2) is 43.4 Å². The summed E-state index contributed by atoms with van der Waals surface area (Å²) in [6.07, 6.45) is 0.605. The fourth-order valence-electron chi connectivity index (χ4n) is 2.42. The fraction of sp³-hybridized carbons (Fsp3) is 0.263. The third kappa shape index (κ3) is 7.50. The number of anilines is 1. The van der Waals surface area contributed by atoms with Crippen molar-refractivity contribution < 1.29 is 9.59 Å². The molecule has 8 heteroatoms. The third-order valence-electron chi connectivity index (χ3n) is 3.71. The minimum atomic E-state index is -0.190. The first-order chi connectivity index (χ1) is 12.8. The normalized spacial score (nSPS) is 10.7. The summed E-state index contributed by atoms with van der Waals surface area (Å²) in [6.45, 7) is 0.687. The standard InChI is InChI=1S/C19H20BrCl2N3O2/c1-25(12-19(27)24-17-5-3-2-4-15(17)20)11-18(26)23-9-8-13-6-7-14(21)10-16(13)22/h2-7,10H,8-9,11-12H2,1H3,(H,23,26)(H,24,27). The van der Waals surface area contributed by atoms with Gasteiger partial charge in [-0.05, 0) is 59.2 Å². The van der Waals surface area contributed by atoms with Crippen LogP contribution in [0.5, 0.6) is 0 Å². The lowest BCUT2D eigenvalue weighted by atomic mass is 10.1. The van der Waals surface area contributed by atoms with E-state index in [2.05, 4.69) is 26.6 Å². The molecule has 0 aliphatic heterocycles. The molecule has 2 rings (SSSR count). The Morgan fingerprint density at radius 2 is 1.78 bits per heavy atom. The predicted octanol–water partition coefficient (Wildman–Crippen LogP) is 3.99. The second kappa shape index (κ2) is 10.7. The molecule has 0 heterocycles. The summed E-state index contributed by atoms with van der Waals surface area (Å²) in [4.78, 5) is 25.8. The molecular formula is C19H20BrCl2N3O2. The van der Waals surface area contributed by atoms with Crippen molar-refractivity contribution in [1.29, 1.82) is 0 Å². The maximum atomic E-state index is 12.1. The van der Waals surface area contributed by atoms with Crippen molar-refractivity contribution in [2.75, 3.05) is 32.0 Å². The average Bonchev–Trinajstić information content (AvgIpc) is 2.58. The van der Waals surface area contributed by atoms with Crippen molar-refractivity contribution in [3.05, 3.63) is 62.5 Å². The van der Waals surface area contributed by atoms with Crippen molar-refractivity contribution >= 4 is 56.6 Å². The van der Waals surface area contributed by atoms with E-state index in [9.17, 15) is 9.59 Å². The molecule has 2 aromatic rings. The van der Waals surface area contributed by atoms with Crippen LogP contribution in [0.25, 0.3) is 0 Å². The first-order valence-corrected chi connectivity index (χ1v) is 9.83. The first kappa shape index (κ1) is 21.7. The largest absolute Gasteiger partial charge is 0.355 e. The van der Waals surface area contributed by atoms with E-state index in [1.54, 1.807) is 30.1 Å². The molecule has 144 valence electrons. The Morgan fingerprint density at radius 1 is 1.07 bits per heavy atom. The van der Waals surface area contributed by atoms with Crippen molar-refractivity contribution in [2.45, 2.75) is 6.42 Å². The molecule has 0 fully saturated rings. The van der Waals surface area contributed by atoms with E-state index in [1.807, 2.05) is 24.3 Å². The van der Waals surface area contributed by atoms with Gasteiger partial charge in [0.2, 0.25) is 11.8 Å². The van der Waals surface area contributed by atoms with Crippen LogP contribution in [0.2, 0.25) is 10.0 Å². The van der Waals surface area contributed by atoms with Gasteiger partial charge in [-0.15, -0.1) is 0 Å². The van der Waals surface area contributed by atoms with Crippen molar-refractivity contribution in [1.82, 2.24) is 10.2 Å². The Balaban J connectivity index is 1.71. The SMILES string of the molecule is CN(CC(=O)NCCc1ccc(Cl)cc1Cl)CC(=O)Nc1ccccc1Br. The molecule has 0 saturated heterocycles. The highest BCUT2D eigenvalue weighted by Gasteiger charge is 2.12. The van der Waals surface area contributed by atoms with Crippen LogP contribution in [0.3, 0.4) is 0 Å². The molecule has 0 aromatic heterocycles. The van der Waals surface area contributed by atoms with Gasteiger partial charge in [0.25, 0.3) is 0 Å². The number of hydrogen-bond donors (Lipinski definition) is 2. The number of nitrogens with one attached hydrogen (secondary N) is 2. The Hall–Kier alpha value is -1.60. The molecule has 5 nitrogen and oxygen atoms in total. The average molecular weight is 473 g/mol. The number of likely N-dealkylation sites (N-methyl/N-ethyl adjacent to an activating group) is 1. The zero-order valence-electron chi connectivity index (χ0n) is 14.8. The van der Waals surface area contributed by atoms with Gasteiger partial charge in [0.1, 0.15) is 0 Å². The lowest BCUT2D eigenvalue weighted by molar-refractivity contribution is -0.122. The number of amides is 2. The zero-order valence-corrected chi connectivity index (χ0v) is 17.9. The van der Waals surface area contributed by atoms with Crippen LogP contribution >= 0.6 is 39.1 Å². The molecule has 0 unspecified atom stereocenters. The Labute approximate surface area is 177 Å². The Bertz CT molecular complexity index is 817. The van der Waals surface area contributed by atoms with Gasteiger partial charge in [0.05, 0.1) is 18.8 Å². The maximum Gasteiger partial charge on any atom is 0.238 e. The highest BCUT2D eigenvalue weighted by molar-refractivity contribution is 9.10. The highest BCUT2D eigenvalue weighted by Crippen LogP contribution is 2.21. The van der Waals surface area contributed by atoms with Gasteiger partial charge in [0, 0.05) is 21.1 Å². The molecular weight excluding hydrogens is 453 g/mol. The molecule has 0 atom stereocenters. The summed E-state index contributed by atoms with van der Waals surface area (Å²) in [5.74, 6) is -0.346. The summed E-state index contributed by atoms with van der Waals surface area (Å²) in [7, 11) is 1.72. The number of benzene rings is 2. The van der Waals surface area contributed by atoms with Crippen LogP contribution < -0.4 is 10.6 Å². The van der Waals surface area contributed by atoms with Crippen LogP contribution in [-0.2, 0) is 16.0 Å². The van der Waals surface area contributed by atoms with Gasteiger partial charge in [-0.2, -0.15) is 0 Å². The number of carbonyl (C=O) groups is 2. The van der Waals surface area contributed by atoms with Gasteiger partial charge in [-0.25, -0.2) is 0 Å². The van der Waals surface area contributed by atoms with Crippen molar-refractivity contribution in [3.8, 4) is 0 Å². The molecule has 2 amide bonds. The van der Waals surface area contributed by atoms with E-state index in [0.29, 0.717) is 28.7 Å². The topological polar surface area (TPSA) is 61.4 Å².